The van der Waals surface area contributed by atoms with E-state index in [-0.39, 0.29) is 16.9 Å². The summed E-state index contributed by atoms with van der Waals surface area (Å²) in [4.78, 5) is 4.45. The maximum Gasteiger partial charge on any atom is 0.159 e. The fourth-order valence-corrected chi connectivity index (χ4v) is 4.69. The van der Waals surface area contributed by atoms with Crippen LogP contribution in [-0.2, 0) is 15.6 Å². The Balaban J connectivity index is 2.19. The fraction of sp³-hybridized carbons (Fsp3) is 0.400. The van der Waals surface area contributed by atoms with E-state index in [2.05, 4.69) is 4.98 Å². The summed E-state index contributed by atoms with van der Waals surface area (Å²) in [6, 6.07) is 9.80. The van der Waals surface area contributed by atoms with Gasteiger partial charge in [-0.3, -0.25) is 0 Å². The van der Waals surface area contributed by atoms with Crippen molar-refractivity contribution in [2.75, 3.05) is 0 Å². The molecule has 1 atom stereocenters. The third kappa shape index (κ3) is 3.46. The number of hydrogen-bond acceptors (Lipinski definition) is 4. The number of hydrogen-bond donors (Lipinski definition) is 0. The normalized spacial score (nSPS) is 13.6. The Morgan fingerprint density at radius 1 is 1.15 bits per heavy atom. The van der Waals surface area contributed by atoms with E-state index >= 15 is 0 Å². The Morgan fingerprint density at radius 2 is 1.80 bits per heavy atom. The lowest BCUT2D eigenvalue weighted by atomic mass is 10.2. The maximum atomic E-state index is 12.3. The lowest BCUT2D eigenvalue weighted by Crippen LogP contribution is -2.24. The lowest BCUT2D eigenvalue weighted by Gasteiger charge is -2.15. The zero-order chi connectivity index (χ0) is 14.8. The van der Waals surface area contributed by atoms with Gasteiger partial charge in [0, 0.05) is 10.9 Å². The molecule has 0 saturated heterocycles. The van der Waals surface area contributed by atoms with Crippen molar-refractivity contribution in [1.82, 2.24) is 4.98 Å². The van der Waals surface area contributed by atoms with Crippen LogP contribution in [0.25, 0.3) is 11.3 Å². The highest BCUT2D eigenvalue weighted by atomic mass is 32.2. The van der Waals surface area contributed by atoms with Gasteiger partial charge in [0.25, 0.3) is 0 Å². The van der Waals surface area contributed by atoms with Gasteiger partial charge in [-0.1, -0.05) is 44.2 Å². The average Bonchev–Trinajstić information content (AvgIpc) is 2.86. The molecule has 20 heavy (non-hydrogen) atoms. The number of sulfone groups is 1. The molecule has 5 heteroatoms. The van der Waals surface area contributed by atoms with Crippen LogP contribution in [0.3, 0.4) is 0 Å². The Labute approximate surface area is 124 Å². The van der Waals surface area contributed by atoms with Crippen molar-refractivity contribution < 1.29 is 8.42 Å². The largest absolute Gasteiger partial charge is 0.240 e. The summed E-state index contributed by atoms with van der Waals surface area (Å²) in [5.74, 6) is 0.151. The van der Waals surface area contributed by atoms with Gasteiger partial charge in [0.2, 0.25) is 0 Å². The molecule has 2 rings (SSSR count). The summed E-state index contributed by atoms with van der Waals surface area (Å²) in [6.45, 7) is 5.63. The highest BCUT2D eigenvalue weighted by molar-refractivity contribution is 7.91. The molecule has 1 heterocycles. The topological polar surface area (TPSA) is 47.0 Å². The monoisotopic (exact) mass is 309 g/mol. The molecular formula is C15H19NO2S2. The highest BCUT2D eigenvalue weighted by Crippen LogP contribution is 2.24. The molecule has 0 aliphatic carbocycles. The zero-order valence-corrected chi connectivity index (χ0v) is 13.5. The molecule has 1 aromatic carbocycles. The molecule has 0 radical (unpaired) electrons. The second-order valence-corrected chi connectivity index (χ2v) is 8.55. The molecule has 0 spiro atoms. The molecule has 1 unspecified atom stereocenters. The van der Waals surface area contributed by atoms with Gasteiger partial charge in [-0.05, 0) is 12.8 Å². The van der Waals surface area contributed by atoms with Gasteiger partial charge in [-0.25, -0.2) is 13.4 Å². The standard InChI is InChI=1S/C15H19NO2S2/c1-11(2)12(3)20(17,18)10-15-16-14(9-19-15)13-7-5-4-6-8-13/h4-9,11-12H,10H2,1-3H3. The molecular weight excluding hydrogens is 290 g/mol. The van der Waals surface area contributed by atoms with Gasteiger partial charge < -0.3 is 0 Å². The van der Waals surface area contributed by atoms with E-state index in [0.717, 1.165) is 11.3 Å². The van der Waals surface area contributed by atoms with E-state index in [1.165, 1.54) is 11.3 Å². The van der Waals surface area contributed by atoms with Crippen LogP contribution in [0.1, 0.15) is 25.8 Å². The van der Waals surface area contributed by atoms with E-state index < -0.39 is 9.84 Å². The molecule has 0 fully saturated rings. The molecule has 2 aromatic rings. The first-order valence-electron chi connectivity index (χ1n) is 6.61. The van der Waals surface area contributed by atoms with Gasteiger partial charge in [-0.2, -0.15) is 0 Å². The minimum atomic E-state index is -3.13. The molecule has 0 N–H and O–H groups in total. The number of nitrogens with zero attached hydrogens (tertiary/aromatic N) is 1. The predicted molar refractivity (Wildman–Crippen MR) is 84.5 cm³/mol. The summed E-state index contributed by atoms with van der Waals surface area (Å²) >= 11 is 1.41. The zero-order valence-electron chi connectivity index (χ0n) is 11.9. The summed E-state index contributed by atoms with van der Waals surface area (Å²) in [6.07, 6.45) is 0. The van der Waals surface area contributed by atoms with Crippen LogP contribution in [0.4, 0.5) is 0 Å². The average molecular weight is 309 g/mol. The van der Waals surface area contributed by atoms with Crippen molar-refractivity contribution >= 4 is 21.2 Å². The quantitative estimate of drug-likeness (QED) is 0.844. The minimum Gasteiger partial charge on any atom is -0.240 e. The number of benzene rings is 1. The summed E-state index contributed by atoms with van der Waals surface area (Å²) in [5, 5.41) is 2.24. The number of aromatic nitrogens is 1. The molecule has 1 aromatic heterocycles. The van der Waals surface area contributed by atoms with E-state index in [1.54, 1.807) is 6.92 Å². The van der Waals surface area contributed by atoms with E-state index in [4.69, 9.17) is 0 Å². The van der Waals surface area contributed by atoms with Gasteiger partial charge in [-0.15, -0.1) is 11.3 Å². The maximum absolute atomic E-state index is 12.3. The van der Waals surface area contributed by atoms with Gasteiger partial charge in [0.05, 0.1) is 10.9 Å². The Bertz CT molecular complexity index is 660. The Kier molecular flexibility index (Phi) is 4.60. The van der Waals surface area contributed by atoms with Crippen LogP contribution >= 0.6 is 11.3 Å². The first-order chi connectivity index (χ1) is 9.40. The van der Waals surface area contributed by atoms with Crippen LogP contribution in [-0.4, -0.2) is 18.7 Å². The van der Waals surface area contributed by atoms with Crippen molar-refractivity contribution in [3.63, 3.8) is 0 Å². The Morgan fingerprint density at radius 3 is 2.40 bits per heavy atom. The molecule has 0 aliphatic rings. The van der Waals surface area contributed by atoms with Crippen LogP contribution in [0.2, 0.25) is 0 Å². The third-order valence-electron chi connectivity index (χ3n) is 3.45. The molecule has 3 nitrogen and oxygen atoms in total. The summed E-state index contributed by atoms with van der Waals surface area (Å²) < 4.78 is 24.5. The van der Waals surface area contributed by atoms with Crippen LogP contribution in [0.15, 0.2) is 35.7 Å². The second-order valence-electron chi connectivity index (χ2n) is 5.25. The van der Waals surface area contributed by atoms with E-state index in [9.17, 15) is 8.42 Å². The predicted octanol–water partition coefficient (Wildman–Crippen LogP) is 3.77. The van der Waals surface area contributed by atoms with Crippen molar-refractivity contribution in [2.45, 2.75) is 31.8 Å². The smallest absolute Gasteiger partial charge is 0.159 e. The van der Waals surface area contributed by atoms with Gasteiger partial charge >= 0.3 is 0 Å². The van der Waals surface area contributed by atoms with E-state index in [1.807, 2.05) is 49.6 Å². The van der Waals surface area contributed by atoms with Crippen molar-refractivity contribution in [3.05, 3.63) is 40.7 Å². The van der Waals surface area contributed by atoms with Gasteiger partial charge in [0.15, 0.2) is 9.84 Å². The van der Waals surface area contributed by atoms with Crippen molar-refractivity contribution in [2.24, 2.45) is 5.92 Å². The fourth-order valence-electron chi connectivity index (χ4n) is 1.84. The summed E-state index contributed by atoms with van der Waals surface area (Å²) in [7, 11) is -3.13. The highest BCUT2D eigenvalue weighted by Gasteiger charge is 2.25. The molecule has 0 amide bonds. The summed E-state index contributed by atoms with van der Waals surface area (Å²) in [5.41, 5.74) is 1.86. The second kappa shape index (κ2) is 6.06. The molecule has 0 saturated carbocycles. The number of rotatable bonds is 5. The minimum absolute atomic E-state index is 0.0316. The van der Waals surface area contributed by atoms with Crippen LogP contribution in [0.5, 0.6) is 0 Å². The lowest BCUT2D eigenvalue weighted by molar-refractivity contribution is 0.545. The molecule has 0 aliphatic heterocycles. The van der Waals surface area contributed by atoms with Crippen molar-refractivity contribution in [1.29, 1.82) is 0 Å². The first-order valence-corrected chi connectivity index (χ1v) is 9.21. The molecule has 0 bridgehead atoms. The third-order valence-corrected chi connectivity index (χ3v) is 6.84. The van der Waals surface area contributed by atoms with Gasteiger partial charge in [0.1, 0.15) is 10.8 Å². The van der Waals surface area contributed by atoms with Crippen LogP contribution < -0.4 is 0 Å². The van der Waals surface area contributed by atoms with Crippen LogP contribution in [0, 0.1) is 5.92 Å². The van der Waals surface area contributed by atoms with E-state index in [0.29, 0.717) is 5.01 Å². The SMILES string of the molecule is CC(C)C(C)S(=O)(=O)Cc1nc(-c2ccccc2)cs1. The molecule has 108 valence electrons. The van der Waals surface area contributed by atoms with Crippen molar-refractivity contribution in [3.8, 4) is 11.3 Å². The Hall–Kier alpha value is -1.20. The number of thiazole rings is 1. The first kappa shape index (κ1) is 15.2.